The normalized spacial score (nSPS) is 25.3. The number of ether oxygens (including phenoxy) is 3. The molecule has 1 fully saturated rings. The Kier molecular flexibility index (Phi) is 6.51. The highest BCUT2D eigenvalue weighted by atomic mass is 16.6. The van der Waals surface area contributed by atoms with Crippen LogP contribution in [0.2, 0.25) is 0 Å². The minimum atomic E-state index is -0.474. The molecule has 0 aromatic heterocycles. The van der Waals surface area contributed by atoms with Crippen molar-refractivity contribution in [3.8, 4) is 0 Å². The number of piperidine rings is 1. The number of allylic oxidation sites excluding steroid dienone is 3. The van der Waals surface area contributed by atoms with Crippen molar-refractivity contribution in [2.45, 2.75) is 51.2 Å². The van der Waals surface area contributed by atoms with Crippen molar-refractivity contribution in [1.29, 1.82) is 0 Å². The van der Waals surface area contributed by atoms with Crippen LogP contribution in [0, 0.1) is 5.41 Å². The number of benzene rings is 1. The van der Waals surface area contributed by atoms with Crippen molar-refractivity contribution in [3.63, 3.8) is 0 Å². The van der Waals surface area contributed by atoms with Gasteiger partial charge in [0.2, 0.25) is 0 Å². The van der Waals surface area contributed by atoms with E-state index in [1.54, 1.807) is 12.5 Å². The topological polar surface area (TPSA) is 48.0 Å². The van der Waals surface area contributed by atoms with Gasteiger partial charge in [-0.2, -0.15) is 0 Å². The number of nitrogens with zero attached hydrogens (tertiary/aromatic N) is 1. The Labute approximate surface area is 185 Å². The van der Waals surface area contributed by atoms with Gasteiger partial charge in [-0.3, -0.25) is 9.69 Å². The summed E-state index contributed by atoms with van der Waals surface area (Å²) in [7, 11) is 1.48. The van der Waals surface area contributed by atoms with E-state index in [2.05, 4.69) is 47.4 Å². The monoisotopic (exact) mass is 423 g/mol. The number of hydrogen-bond donors (Lipinski definition) is 0. The maximum absolute atomic E-state index is 12.0. The van der Waals surface area contributed by atoms with E-state index in [1.807, 2.05) is 6.92 Å². The summed E-state index contributed by atoms with van der Waals surface area (Å²) >= 11 is 0. The SMILES string of the molecule is COC(=O)C1(C)CCN(Cc2ccc(C3(CC4=CC=CCC4)COC=CO3)cc2)CC1. The van der Waals surface area contributed by atoms with Gasteiger partial charge in [-0.15, -0.1) is 0 Å². The third-order valence-electron chi connectivity index (χ3n) is 6.90. The molecule has 31 heavy (non-hydrogen) atoms. The number of carbonyl (C=O) groups excluding carboxylic acids is 1. The van der Waals surface area contributed by atoms with Crippen molar-refractivity contribution < 1.29 is 19.0 Å². The molecule has 0 amide bonds. The predicted molar refractivity (Wildman–Crippen MR) is 120 cm³/mol. The largest absolute Gasteiger partial charge is 0.493 e. The van der Waals surface area contributed by atoms with Crippen molar-refractivity contribution in [2.24, 2.45) is 5.41 Å². The van der Waals surface area contributed by atoms with Gasteiger partial charge in [-0.1, -0.05) is 48.1 Å². The quantitative estimate of drug-likeness (QED) is 0.613. The van der Waals surface area contributed by atoms with E-state index in [0.717, 1.165) is 57.3 Å². The van der Waals surface area contributed by atoms with E-state index < -0.39 is 5.60 Å². The molecule has 1 aliphatic carbocycles. The molecule has 2 heterocycles. The Balaban J connectivity index is 1.42. The zero-order valence-electron chi connectivity index (χ0n) is 18.6. The van der Waals surface area contributed by atoms with E-state index in [-0.39, 0.29) is 11.4 Å². The van der Waals surface area contributed by atoms with Crippen molar-refractivity contribution in [3.05, 3.63) is 71.7 Å². The molecule has 1 aromatic rings. The zero-order chi connectivity index (χ0) is 21.7. The second kappa shape index (κ2) is 9.31. The van der Waals surface area contributed by atoms with Gasteiger partial charge in [0.05, 0.1) is 12.5 Å². The number of esters is 1. The Bertz CT molecular complexity index is 862. The molecule has 0 saturated carbocycles. The van der Waals surface area contributed by atoms with Gasteiger partial charge in [0.15, 0.2) is 5.60 Å². The lowest BCUT2D eigenvalue weighted by Gasteiger charge is -2.37. The number of likely N-dealkylation sites (tertiary alicyclic amines) is 1. The second-order valence-electron chi connectivity index (χ2n) is 9.19. The number of carbonyl (C=O) groups is 1. The third kappa shape index (κ3) is 4.87. The van der Waals surface area contributed by atoms with Crippen LogP contribution in [0.25, 0.3) is 0 Å². The summed E-state index contributed by atoms with van der Waals surface area (Å²) in [5.41, 5.74) is 2.99. The van der Waals surface area contributed by atoms with Crippen molar-refractivity contribution in [2.75, 3.05) is 26.8 Å². The molecule has 1 unspecified atom stereocenters. The Morgan fingerprint density at radius 1 is 1.16 bits per heavy atom. The van der Waals surface area contributed by atoms with Crippen molar-refractivity contribution in [1.82, 2.24) is 4.90 Å². The summed E-state index contributed by atoms with van der Waals surface area (Å²) in [6.45, 7) is 5.23. The summed E-state index contributed by atoms with van der Waals surface area (Å²) in [5, 5.41) is 0. The molecule has 1 aromatic carbocycles. The lowest BCUT2D eigenvalue weighted by molar-refractivity contribution is -0.154. The molecular formula is C26H33NO4. The Morgan fingerprint density at radius 2 is 1.94 bits per heavy atom. The Hall–Kier alpha value is -2.53. The fraction of sp³-hybridized carbons (Fsp3) is 0.500. The van der Waals surface area contributed by atoms with E-state index in [4.69, 9.17) is 14.2 Å². The molecule has 4 rings (SSSR count). The van der Waals surface area contributed by atoms with Gasteiger partial charge in [0.25, 0.3) is 0 Å². The summed E-state index contributed by atoms with van der Waals surface area (Å²) in [6.07, 6.45) is 14.5. The van der Waals surface area contributed by atoms with Crippen LogP contribution in [-0.4, -0.2) is 37.7 Å². The number of rotatable bonds is 6. The van der Waals surface area contributed by atoms with E-state index in [1.165, 1.54) is 18.2 Å². The second-order valence-corrected chi connectivity index (χ2v) is 9.19. The molecule has 0 bridgehead atoms. The van der Waals surface area contributed by atoms with Crippen LogP contribution in [0.5, 0.6) is 0 Å². The molecule has 1 atom stereocenters. The first-order chi connectivity index (χ1) is 15.0. The lowest BCUT2D eigenvalue weighted by atomic mass is 9.80. The van der Waals surface area contributed by atoms with Gasteiger partial charge in [0, 0.05) is 13.0 Å². The highest BCUT2D eigenvalue weighted by molar-refractivity contribution is 5.76. The Morgan fingerprint density at radius 3 is 2.55 bits per heavy atom. The molecule has 3 aliphatic rings. The van der Waals surface area contributed by atoms with Crippen LogP contribution < -0.4 is 0 Å². The van der Waals surface area contributed by atoms with Gasteiger partial charge in [0.1, 0.15) is 19.1 Å². The highest BCUT2D eigenvalue weighted by Crippen LogP contribution is 2.38. The number of methoxy groups -OCH3 is 1. The standard InChI is InChI=1S/C26H33NO4/c1-25(24(28)29-2)12-14-27(15-13-25)19-22-8-10-23(11-9-22)26(20-30-16-17-31-26)18-21-6-4-3-5-7-21/h3-4,6,8-11,16-17H,5,7,12-15,18-20H2,1-2H3. The summed E-state index contributed by atoms with van der Waals surface area (Å²) < 4.78 is 16.8. The molecule has 2 aliphatic heterocycles. The average Bonchev–Trinajstić information content (AvgIpc) is 2.82. The molecular weight excluding hydrogens is 390 g/mol. The maximum Gasteiger partial charge on any atom is 0.311 e. The molecule has 166 valence electrons. The first kappa shape index (κ1) is 21.7. The van der Waals surface area contributed by atoms with Crippen LogP contribution in [0.3, 0.4) is 0 Å². The van der Waals surface area contributed by atoms with Gasteiger partial charge < -0.3 is 14.2 Å². The average molecular weight is 424 g/mol. The fourth-order valence-electron chi connectivity index (χ4n) is 4.75. The van der Waals surface area contributed by atoms with E-state index in [0.29, 0.717) is 6.61 Å². The number of hydrogen-bond acceptors (Lipinski definition) is 5. The summed E-state index contributed by atoms with van der Waals surface area (Å²) in [4.78, 5) is 14.5. The molecule has 5 nitrogen and oxygen atoms in total. The van der Waals surface area contributed by atoms with E-state index >= 15 is 0 Å². The van der Waals surface area contributed by atoms with Gasteiger partial charge in [-0.05, 0) is 56.8 Å². The summed E-state index contributed by atoms with van der Waals surface area (Å²) in [6, 6.07) is 8.75. The van der Waals surface area contributed by atoms with Crippen LogP contribution in [0.4, 0.5) is 0 Å². The third-order valence-corrected chi connectivity index (χ3v) is 6.90. The minimum absolute atomic E-state index is 0.0888. The molecule has 0 radical (unpaired) electrons. The molecule has 5 heteroatoms. The van der Waals surface area contributed by atoms with Crippen LogP contribution in [0.15, 0.2) is 60.6 Å². The smallest absolute Gasteiger partial charge is 0.311 e. The van der Waals surface area contributed by atoms with Gasteiger partial charge >= 0.3 is 5.97 Å². The van der Waals surface area contributed by atoms with E-state index in [9.17, 15) is 4.79 Å². The van der Waals surface area contributed by atoms with Gasteiger partial charge in [-0.25, -0.2) is 0 Å². The zero-order valence-corrected chi connectivity index (χ0v) is 18.6. The van der Waals surface area contributed by atoms with Crippen LogP contribution in [-0.2, 0) is 31.2 Å². The first-order valence-corrected chi connectivity index (χ1v) is 11.2. The highest BCUT2D eigenvalue weighted by Gasteiger charge is 2.39. The summed E-state index contributed by atoms with van der Waals surface area (Å²) in [5.74, 6) is -0.0888. The first-order valence-electron chi connectivity index (χ1n) is 11.2. The van der Waals surface area contributed by atoms with Crippen LogP contribution >= 0.6 is 0 Å². The molecule has 0 N–H and O–H groups in total. The molecule has 1 saturated heterocycles. The fourth-order valence-corrected chi connectivity index (χ4v) is 4.75. The van der Waals surface area contributed by atoms with Crippen LogP contribution in [0.1, 0.15) is 50.2 Å². The maximum atomic E-state index is 12.0. The predicted octanol–water partition coefficient (Wildman–Crippen LogP) is 4.84. The molecule has 0 spiro atoms. The lowest BCUT2D eigenvalue weighted by Crippen LogP contribution is -2.42. The minimum Gasteiger partial charge on any atom is -0.493 e. The van der Waals surface area contributed by atoms with Crippen molar-refractivity contribution >= 4 is 5.97 Å².